The van der Waals surface area contributed by atoms with Crippen LogP contribution in [0.4, 0.5) is 10.6 Å². The van der Waals surface area contributed by atoms with Gasteiger partial charge in [0.2, 0.25) is 0 Å². The summed E-state index contributed by atoms with van der Waals surface area (Å²) in [7, 11) is 0. The highest BCUT2D eigenvalue weighted by atomic mass is 32.2. The second-order valence-corrected chi connectivity index (χ2v) is 7.00. The molecule has 0 unspecified atom stereocenters. The van der Waals surface area contributed by atoms with Gasteiger partial charge >= 0.3 is 12.0 Å². The molecule has 1 aromatic carbocycles. The minimum atomic E-state index is -0.604. The quantitative estimate of drug-likeness (QED) is 0.387. The standard InChI is InChI=1S/C19H21N5O3S/c1-3-27-17(25)15-13(10-28-19-21-11(2)9-14(20)23-19)22-18(26)24-16(15)12-7-5-4-6-8-12/h4-9,16H,3,10H2,1-2H3,(H2,20,21,23)(H2,22,24,26)/t16-/m0/s1. The number of carbonyl (C=O) groups excluding carboxylic acids is 2. The van der Waals surface area contributed by atoms with E-state index in [0.717, 1.165) is 11.3 Å². The molecule has 1 atom stereocenters. The molecule has 0 bridgehead atoms. The number of carbonyl (C=O) groups is 2. The number of benzene rings is 1. The summed E-state index contributed by atoms with van der Waals surface area (Å²) in [6, 6.07) is 9.96. The summed E-state index contributed by atoms with van der Waals surface area (Å²) in [5.74, 6) is 0.170. The Bertz CT molecular complexity index is 897. The van der Waals surface area contributed by atoms with Gasteiger partial charge < -0.3 is 21.1 Å². The predicted octanol–water partition coefficient (Wildman–Crippen LogP) is 2.33. The minimum absolute atomic E-state index is 0.232. The summed E-state index contributed by atoms with van der Waals surface area (Å²) < 4.78 is 5.24. The van der Waals surface area contributed by atoms with Crippen molar-refractivity contribution in [1.82, 2.24) is 20.6 Å². The van der Waals surface area contributed by atoms with Crippen molar-refractivity contribution in [2.45, 2.75) is 25.0 Å². The van der Waals surface area contributed by atoms with E-state index in [1.807, 2.05) is 37.3 Å². The van der Waals surface area contributed by atoms with Gasteiger partial charge in [-0.2, -0.15) is 0 Å². The Hall–Kier alpha value is -3.07. The number of nitrogen functional groups attached to an aromatic ring is 1. The number of urea groups is 1. The van der Waals surface area contributed by atoms with Crippen molar-refractivity contribution < 1.29 is 14.3 Å². The average Bonchev–Trinajstić information content (AvgIpc) is 2.66. The topological polar surface area (TPSA) is 119 Å². The smallest absolute Gasteiger partial charge is 0.338 e. The lowest BCUT2D eigenvalue weighted by Crippen LogP contribution is -2.46. The zero-order valence-electron chi connectivity index (χ0n) is 15.6. The van der Waals surface area contributed by atoms with Gasteiger partial charge in [-0.05, 0) is 19.4 Å². The van der Waals surface area contributed by atoms with Gasteiger partial charge in [0, 0.05) is 23.2 Å². The summed E-state index contributed by atoms with van der Waals surface area (Å²) >= 11 is 1.28. The van der Waals surface area contributed by atoms with Crippen molar-refractivity contribution in [3.05, 3.63) is 58.9 Å². The van der Waals surface area contributed by atoms with E-state index in [9.17, 15) is 9.59 Å². The minimum Gasteiger partial charge on any atom is -0.463 e. The molecule has 0 saturated heterocycles. The molecule has 0 radical (unpaired) electrons. The first kappa shape index (κ1) is 19.7. The van der Waals surface area contributed by atoms with Gasteiger partial charge in [-0.25, -0.2) is 19.6 Å². The predicted molar refractivity (Wildman–Crippen MR) is 106 cm³/mol. The first-order valence-corrected chi connectivity index (χ1v) is 9.73. The number of ether oxygens (including phenoxy) is 1. The molecule has 8 nitrogen and oxygen atoms in total. The van der Waals surface area contributed by atoms with E-state index < -0.39 is 12.0 Å². The van der Waals surface area contributed by atoms with Crippen LogP contribution < -0.4 is 16.4 Å². The highest BCUT2D eigenvalue weighted by molar-refractivity contribution is 7.99. The van der Waals surface area contributed by atoms with Crippen LogP contribution in [0.2, 0.25) is 0 Å². The van der Waals surface area contributed by atoms with Crippen LogP contribution in [0.15, 0.2) is 52.8 Å². The lowest BCUT2D eigenvalue weighted by molar-refractivity contribution is -0.139. The van der Waals surface area contributed by atoms with Gasteiger partial charge in [0.15, 0.2) is 5.16 Å². The maximum Gasteiger partial charge on any atom is 0.338 e. The van der Waals surface area contributed by atoms with Crippen LogP contribution in [-0.2, 0) is 9.53 Å². The van der Waals surface area contributed by atoms with Crippen molar-refractivity contribution in [3.63, 3.8) is 0 Å². The number of rotatable bonds is 6. The normalized spacial score (nSPS) is 16.4. The van der Waals surface area contributed by atoms with Crippen LogP contribution in [0.25, 0.3) is 0 Å². The van der Waals surface area contributed by atoms with E-state index in [1.54, 1.807) is 13.0 Å². The molecule has 1 aliphatic rings. The molecule has 2 aromatic rings. The van der Waals surface area contributed by atoms with Gasteiger partial charge in [-0.15, -0.1) is 0 Å². The van der Waals surface area contributed by atoms with E-state index >= 15 is 0 Å². The lowest BCUT2D eigenvalue weighted by Gasteiger charge is -2.29. The highest BCUT2D eigenvalue weighted by Gasteiger charge is 2.33. The average molecular weight is 399 g/mol. The Labute approximate surface area is 167 Å². The fraction of sp³-hybridized carbons (Fsp3) is 0.263. The Morgan fingerprint density at radius 2 is 2.04 bits per heavy atom. The number of nitrogens with zero attached hydrogens (tertiary/aromatic N) is 2. The van der Waals surface area contributed by atoms with Crippen molar-refractivity contribution >= 4 is 29.6 Å². The summed E-state index contributed by atoms with van der Waals surface area (Å²) in [4.78, 5) is 33.4. The maximum atomic E-state index is 12.7. The Kier molecular flexibility index (Phi) is 6.15. The number of aryl methyl sites for hydroxylation is 1. The fourth-order valence-corrected chi connectivity index (χ4v) is 3.72. The largest absolute Gasteiger partial charge is 0.463 e. The first-order valence-electron chi connectivity index (χ1n) is 8.74. The third-order valence-corrected chi connectivity index (χ3v) is 4.85. The van der Waals surface area contributed by atoms with Crippen molar-refractivity contribution in [3.8, 4) is 0 Å². The molecule has 146 valence electrons. The maximum absolute atomic E-state index is 12.7. The zero-order valence-corrected chi connectivity index (χ0v) is 16.4. The number of esters is 1. The van der Waals surface area contributed by atoms with Gasteiger partial charge in [0.25, 0.3) is 0 Å². The van der Waals surface area contributed by atoms with Crippen LogP contribution in [0, 0.1) is 6.92 Å². The second-order valence-electron chi connectivity index (χ2n) is 6.06. The van der Waals surface area contributed by atoms with Gasteiger partial charge in [-0.3, -0.25) is 0 Å². The zero-order chi connectivity index (χ0) is 20.1. The Morgan fingerprint density at radius 3 is 2.71 bits per heavy atom. The van der Waals surface area contributed by atoms with E-state index in [2.05, 4.69) is 20.6 Å². The van der Waals surface area contributed by atoms with Gasteiger partial charge in [0.05, 0.1) is 18.2 Å². The molecule has 1 aliphatic heterocycles. The van der Waals surface area contributed by atoms with Gasteiger partial charge in [0.1, 0.15) is 5.82 Å². The molecular formula is C19H21N5O3S. The summed E-state index contributed by atoms with van der Waals surface area (Å²) in [6.45, 7) is 3.79. The number of nitrogens with one attached hydrogen (secondary N) is 2. The number of hydrogen-bond donors (Lipinski definition) is 3. The highest BCUT2D eigenvalue weighted by Crippen LogP contribution is 2.30. The van der Waals surface area contributed by atoms with Crippen LogP contribution >= 0.6 is 11.8 Å². The van der Waals surface area contributed by atoms with E-state index in [0.29, 0.717) is 22.2 Å². The summed E-state index contributed by atoms with van der Waals surface area (Å²) in [6.07, 6.45) is 0. The van der Waals surface area contributed by atoms with Crippen molar-refractivity contribution in [1.29, 1.82) is 0 Å². The molecule has 9 heteroatoms. The van der Waals surface area contributed by atoms with Crippen LogP contribution in [-0.4, -0.2) is 34.3 Å². The number of amides is 2. The van der Waals surface area contributed by atoms with Crippen LogP contribution in [0.5, 0.6) is 0 Å². The van der Waals surface area contributed by atoms with E-state index in [1.165, 1.54) is 11.8 Å². The summed E-state index contributed by atoms with van der Waals surface area (Å²) in [5.41, 5.74) is 8.13. The summed E-state index contributed by atoms with van der Waals surface area (Å²) in [5, 5.41) is 5.99. The third kappa shape index (κ3) is 4.61. The first-order chi connectivity index (χ1) is 13.5. The van der Waals surface area contributed by atoms with Crippen molar-refractivity contribution in [2.75, 3.05) is 18.1 Å². The SMILES string of the molecule is CCOC(=O)C1=C(CSc2nc(C)cc(N)n2)NC(=O)N[C@H]1c1ccccc1. The molecule has 4 N–H and O–H groups in total. The molecule has 0 fully saturated rings. The molecule has 0 spiro atoms. The Morgan fingerprint density at radius 1 is 1.29 bits per heavy atom. The number of hydrogen-bond acceptors (Lipinski definition) is 7. The number of anilines is 1. The molecule has 0 saturated carbocycles. The van der Waals surface area contributed by atoms with Crippen LogP contribution in [0.3, 0.4) is 0 Å². The van der Waals surface area contributed by atoms with Crippen molar-refractivity contribution in [2.24, 2.45) is 0 Å². The lowest BCUT2D eigenvalue weighted by atomic mass is 9.95. The molecule has 1 aromatic heterocycles. The van der Waals surface area contributed by atoms with Crippen LogP contribution in [0.1, 0.15) is 24.2 Å². The Balaban J connectivity index is 1.96. The molecule has 2 heterocycles. The molecule has 3 rings (SSSR count). The second kappa shape index (κ2) is 8.75. The van der Waals surface area contributed by atoms with Gasteiger partial charge in [-0.1, -0.05) is 42.1 Å². The molecule has 2 amide bonds. The molecule has 28 heavy (non-hydrogen) atoms. The van der Waals surface area contributed by atoms with E-state index in [4.69, 9.17) is 10.5 Å². The number of aromatic nitrogens is 2. The monoisotopic (exact) mass is 399 g/mol. The molecular weight excluding hydrogens is 378 g/mol. The number of nitrogens with two attached hydrogens (primary N) is 1. The third-order valence-electron chi connectivity index (χ3n) is 3.98. The van der Waals surface area contributed by atoms with E-state index in [-0.39, 0.29) is 18.4 Å². The molecule has 0 aliphatic carbocycles. The number of thioether (sulfide) groups is 1. The fourth-order valence-electron chi connectivity index (χ4n) is 2.84.